The Bertz CT molecular complexity index is 2790. The van der Waals surface area contributed by atoms with Crippen LogP contribution in [0.5, 0.6) is 0 Å². The monoisotopic (exact) mass is 702 g/mol. The number of anilines is 5. The lowest BCUT2D eigenvalue weighted by atomic mass is 9.90. The second kappa shape index (κ2) is 14.0. The summed E-state index contributed by atoms with van der Waals surface area (Å²) in [4.78, 5) is 4.85. The molecule has 9 aromatic carbocycles. The third kappa shape index (κ3) is 6.04. The molecular formula is C53H38N2. The molecule has 2 heteroatoms. The van der Waals surface area contributed by atoms with Gasteiger partial charge in [-0.2, -0.15) is 0 Å². The van der Waals surface area contributed by atoms with E-state index in [4.69, 9.17) is 0 Å². The molecule has 0 aliphatic carbocycles. The highest BCUT2D eigenvalue weighted by molar-refractivity contribution is 5.96. The molecular weight excluding hydrogens is 665 g/mol. The summed E-state index contributed by atoms with van der Waals surface area (Å²) in [7, 11) is 0. The Morgan fingerprint density at radius 3 is 1.60 bits per heavy atom. The van der Waals surface area contributed by atoms with E-state index in [-0.39, 0.29) is 0 Å². The van der Waals surface area contributed by atoms with Crippen LogP contribution in [0, 0.1) is 0 Å². The first-order valence-electron chi connectivity index (χ1n) is 19.0. The molecule has 0 saturated carbocycles. The van der Waals surface area contributed by atoms with E-state index in [1.165, 1.54) is 72.2 Å². The number of hydrogen-bond acceptors (Lipinski definition) is 2. The average molecular weight is 703 g/mol. The number of fused-ring (bicyclic) bond motifs is 4. The largest absolute Gasteiger partial charge is 0.336 e. The van der Waals surface area contributed by atoms with Gasteiger partial charge >= 0.3 is 0 Å². The van der Waals surface area contributed by atoms with E-state index in [9.17, 15) is 0 Å². The number of rotatable bonds is 7. The SMILES string of the molecule is c1ccc(-c2cc(N(c3ccccc3)c3ccc(-c4ccc5ccccc5c4)cc3)ccc2-c2ccccc2N2Cc3ccccc3-c3ccccc32)cc1. The van der Waals surface area contributed by atoms with Crippen molar-refractivity contribution in [1.29, 1.82) is 0 Å². The predicted octanol–water partition coefficient (Wildman–Crippen LogP) is 14.6. The lowest BCUT2D eigenvalue weighted by Crippen LogP contribution is -2.22. The van der Waals surface area contributed by atoms with E-state index in [2.05, 4.69) is 228 Å². The summed E-state index contributed by atoms with van der Waals surface area (Å²) in [5.41, 5.74) is 16.8. The summed E-state index contributed by atoms with van der Waals surface area (Å²) in [6, 6.07) is 79.2. The molecule has 0 amide bonds. The van der Waals surface area contributed by atoms with E-state index in [0.717, 1.165) is 23.6 Å². The standard InChI is InChI=1S/C53H38N2/c1-3-16-40(17-4-1)51-36-46(55(44-20-5-2-6-21-44)45-31-29-39(30-32-45)42-28-27-38-15-7-8-18-41(38)35-42)33-34-48(51)50-24-12-14-26-53(50)54-37-43-19-9-10-22-47(43)49-23-11-13-25-52(49)54/h1-36H,37H2. The summed E-state index contributed by atoms with van der Waals surface area (Å²) >= 11 is 0. The molecule has 0 saturated heterocycles. The first-order chi connectivity index (χ1) is 27.3. The summed E-state index contributed by atoms with van der Waals surface area (Å²) in [6.45, 7) is 0.805. The molecule has 0 fully saturated rings. The zero-order valence-corrected chi connectivity index (χ0v) is 30.4. The number of benzene rings is 9. The Kier molecular flexibility index (Phi) is 8.27. The van der Waals surface area contributed by atoms with Crippen LogP contribution < -0.4 is 9.80 Å². The third-order valence-corrected chi connectivity index (χ3v) is 10.9. The van der Waals surface area contributed by atoms with Gasteiger partial charge < -0.3 is 9.80 Å². The smallest absolute Gasteiger partial charge is 0.0493 e. The number of para-hydroxylation sites is 3. The van der Waals surface area contributed by atoms with Crippen LogP contribution >= 0.6 is 0 Å². The van der Waals surface area contributed by atoms with Crippen LogP contribution in [-0.4, -0.2) is 0 Å². The van der Waals surface area contributed by atoms with Gasteiger partial charge in [0.2, 0.25) is 0 Å². The topological polar surface area (TPSA) is 6.48 Å². The van der Waals surface area contributed by atoms with Crippen LogP contribution in [0.15, 0.2) is 218 Å². The summed E-state index contributed by atoms with van der Waals surface area (Å²) in [5.74, 6) is 0. The maximum absolute atomic E-state index is 2.49. The van der Waals surface area contributed by atoms with E-state index in [1.807, 2.05) is 0 Å². The fourth-order valence-electron chi connectivity index (χ4n) is 8.22. The fourth-order valence-corrected chi connectivity index (χ4v) is 8.22. The van der Waals surface area contributed by atoms with Gasteiger partial charge in [0.15, 0.2) is 0 Å². The van der Waals surface area contributed by atoms with Crippen LogP contribution in [0.3, 0.4) is 0 Å². The number of hydrogen-bond donors (Lipinski definition) is 0. The van der Waals surface area contributed by atoms with Crippen LogP contribution in [0.4, 0.5) is 28.4 Å². The van der Waals surface area contributed by atoms with Crippen molar-refractivity contribution < 1.29 is 0 Å². The zero-order chi connectivity index (χ0) is 36.6. The van der Waals surface area contributed by atoms with Gasteiger partial charge in [-0.3, -0.25) is 0 Å². The second-order valence-electron chi connectivity index (χ2n) is 14.2. The first kappa shape index (κ1) is 32.5. The third-order valence-electron chi connectivity index (χ3n) is 10.9. The fraction of sp³-hybridized carbons (Fsp3) is 0.0189. The second-order valence-corrected chi connectivity index (χ2v) is 14.2. The van der Waals surface area contributed by atoms with Gasteiger partial charge in [0, 0.05) is 46.1 Å². The molecule has 0 radical (unpaired) electrons. The Labute approximate surface area is 322 Å². The highest BCUT2D eigenvalue weighted by Gasteiger charge is 2.25. The minimum absolute atomic E-state index is 0.805. The molecule has 260 valence electrons. The molecule has 0 aromatic heterocycles. The molecule has 0 spiro atoms. The van der Waals surface area contributed by atoms with Gasteiger partial charge in [0.05, 0.1) is 0 Å². The van der Waals surface area contributed by atoms with Crippen LogP contribution in [0.25, 0.3) is 55.3 Å². The van der Waals surface area contributed by atoms with Crippen molar-refractivity contribution in [3.63, 3.8) is 0 Å². The number of nitrogens with zero attached hydrogens (tertiary/aromatic N) is 2. The van der Waals surface area contributed by atoms with Gasteiger partial charge in [0.1, 0.15) is 0 Å². The van der Waals surface area contributed by atoms with Crippen molar-refractivity contribution in [3.05, 3.63) is 224 Å². The summed E-state index contributed by atoms with van der Waals surface area (Å²) in [6.07, 6.45) is 0. The summed E-state index contributed by atoms with van der Waals surface area (Å²) < 4.78 is 0. The molecule has 9 aromatic rings. The highest BCUT2D eigenvalue weighted by atomic mass is 15.2. The van der Waals surface area contributed by atoms with E-state index in [0.29, 0.717) is 0 Å². The van der Waals surface area contributed by atoms with Crippen molar-refractivity contribution in [2.24, 2.45) is 0 Å². The maximum Gasteiger partial charge on any atom is 0.0493 e. The van der Waals surface area contributed by atoms with Gasteiger partial charge in [0.25, 0.3) is 0 Å². The minimum atomic E-state index is 0.805. The van der Waals surface area contributed by atoms with Crippen LogP contribution in [0.2, 0.25) is 0 Å². The first-order valence-corrected chi connectivity index (χ1v) is 19.0. The van der Waals surface area contributed by atoms with Crippen molar-refractivity contribution >= 4 is 39.2 Å². The Hall–Kier alpha value is -7.16. The lowest BCUT2D eigenvalue weighted by Gasteiger charge is -2.34. The molecule has 0 unspecified atom stereocenters. The molecule has 1 aliphatic rings. The van der Waals surface area contributed by atoms with Gasteiger partial charge in [-0.15, -0.1) is 0 Å². The van der Waals surface area contributed by atoms with Gasteiger partial charge in [-0.25, -0.2) is 0 Å². The highest BCUT2D eigenvalue weighted by Crippen LogP contribution is 2.48. The van der Waals surface area contributed by atoms with Crippen LogP contribution in [-0.2, 0) is 6.54 Å². The molecule has 2 nitrogen and oxygen atoms in total. The Balaban J connectivity index is 1.10. The van der Waals surface area contributed by atoms with Crippen molar-refractivity contribution in [3.8, 4) is 44.5 Å². The van der Waals surface area contributed by atoms with Crippen molar-refractivity contribution in [2.75, 3.05) is 9.80 Å². The van der Waals surface area contributed by atoms with E-state index in [1.54, 1.807) is 0 Å². The molecule has 55 heavy (non-hydrogen) atoms. The van der Waals surface area contributed by atoms with E-state index < -0.39 is 0 Å². The summed E-state index contributed by atoms with van der Waals surface area (Å²) in [5, 5.41) is 2.50. The molecule has 10 rings (SSSR count). The minimum Gasteiger partial charge on any atom is -0.336 e. The maximum atomic E-state index is 2.49. The average Bonchev–Trinajstić information content (AvgIpc) is 3.27. The van der Waals surface area contributed by atoms with Crippen LogP contribution in [0.1, 0.15) is 5.56 Å². The zero-order valence-electron chi connectivity index (χ0n) is 30.4. The Morgan fingerprint density at radius 1 is 0.309 bits per heavy atom. The molecule has 0 N–H and O–H groups in total. The van der Waals surface area contributed by atoms with Gasteiger partial charge in [-0.05, 0) is 104 Å². The normalized spacial score (nSPS) is 11.9. The quantitative estimate of drug-likeness (QED) is 0.163. The molecule has 1 heterocycles. The molecule has 0 bridgehead atoms. The van der Waals surface area contributed by atoms with E-state index >= 15 is 0 Å². The van der Waals surface area contributed by atoms with Gasteiger partial charge in [-0.1, -0.05) is 164 Å². The predicted molar refractivity (Wildman–Crippen MR) is 233 cm³/mol. The lowest BCUT2D eigenvalue weighted by molar-refractivity contribution is 0.962. The van der Waals surface area contributed by atoms with Crippen molar-refractivity contribution in [2.45, 2.75) is 6.54 Å². The molecule has 1 aliphatic heterocycles. The Morgan fingerprint density at radius 2 is 0.855 bits per heavy atom. The van der Waals surface area contributed by atoms with Crippen molar-refractivity contribution in [1.82, 2.24) is 0 Å². The molecule has 0 atom stereocenters.